The van der Waals surface area contributed by atoms with Crippen LogP contribution in [-0.2, 0) is 6.54 Å². The predicted molar refractivity (Wildman–Crippen MR) is 107 cm³/mol. The van der Waals surface area contributed by atoms with Gasteiger partial charge in [0.05, 0.1) is 22.8 Å². The summed E-state index contributed by atoms with van der Waals surface area (Å²) in [7, 11) is 0. The van der Waals surface area contributed by atoms with Gasteiger partial charge in [0.1, 0.15) is 12.2 Å². The maximum absolute atomic E-state index is 13.5. The second kappa shape index (κ2) is 7.63. The molecule has 31 heavy (non-hydrogen) atoms. The molecule has 0 radical (unpaired) electrons. The molecule has 0 aliphatic heterocycles. The number of hydrogen-bond donors (Lipinski definition) is 0. The van der Waals surface area contributed by atoms with Crippen LogP contribution in [0.3, 0.4) is 0 Å². The summed E-state index contributed by atoms with van der Waals surface area (Å²) in [5.41, 5.74) is 0.989. The summed E-state index contributed by atoms with van der Waals surface area (Å²) in [5.74, 6) is -4.25. The van der Waals surface area contributed by atoms with Gasteiger partial charge in [-0.25, -0.2) is 4.98 Å². The van der Waals surface area contributed by atoms with Crippen LogP contribution in [0, 0.1) is 5.21 Å². The summed E-state index contributed by atoms with van der Waals surface area (Å²) in [4.78, 5) is 4.87. The van der Waals surface area contributed by atoms with Gasteiger partial charge < -0.3 is 5.21 Å². The highest BCUT2D eigenvalue weighted by Crippen LogP contribution is 2.37. The number of halogens is 5. The first-order valence-corrected chi connectivity index (χ1v) is 10.2. The van der Waals surface area contributed by atoms with Crippen molar-refractivity contribution in [2.45, 2.75) is 30.5 Å². The van der Waals surface area contributed by atoms with Crippen LogP contribution >= 0.6 is 11.8 Å². The Hall–Kier alpha value is -2.95. The summed E-state index contributed by atoms with van der Waals surface area (Å²) < 4.78 is 65.9. The molecular weight excluding hydrogens is 439 g/mol. The molecule has 0 amide bonds. The highest BCUT2D eigenvalue weighted by molar-refractivity contribution is 7.99. The minimum Gasteiger partial charge on any atom is -0.618 e. The molecule has 0 spiro atoms. The number of benzene rings is 1. The SMILES string of the molecule is CCSc1cc2ccccc2[n+]([O-])c1-c1cc2cnn(CC(F)(F)C(F)(F)F)c2cn1. The smallest absolute Gasteiger partial charge is 0.455 e. The Morgan fingerprint density at radius 2 is 1.81 bits per heavy atom. The van der Waals surface area contributed by atoms with E-state index in [1.54, 1.807) is 12.1 Å². The molecule has 3 aromatic heterocycles. The van der Waals surface area contributed by atoms with Crippen LogP contribution in [0.15, 0.2) is 53.7 Å². The normalized spacial score (nSPS) is 12.7. The third-order valence-electron chi connectivity index (χ3n) is 4.71. The van der Waals surface area contributed by atoms with Crippen LogP contribution in [-0.4, -0.2) is 32.6 Å². The van der Waals surface area contributed by atoms with Crippen LogP contribution in [0.4, 0.5) is 22.0 Å². The van der Waals surface area contributed by atoms with Crippen molar-refractivity contribution in [1.29, 1.82) is 0 Å². The first kappa shape index (κ1) is 21.3. The quantitative estimate of drug-likeness (QED) is 0.180. The van der Waals surface area contributed by atoms with E-state index in [9.17, 15) is 27.2 Å². The monoisotopic (exact) mass is 454 g/mol. The zero-order chi connectivity index (χ0) is 22.4. The van der Waals surface area contributed by atoms with Gasteiger partial charge >= 0.3 is 12.1 Å². The van der Waals surface area contributed by atoms with Crippen molar-refractivity contribution in [3.8, 4) is 11.4 Å². The molecule has 0 fully saturated rings. The predicted octanol–water partition coefficient (Wildman–Crippen LogP) is 5.19. The molecule has 4 aromatic rings. The molecule has 3 heterocycles. The van der Waals surface area contributed by atoms with Gasteiger partial charge in [0.2, 0.25) is 5.52 Å². The topological polar surface area (TPSA) is 57.6 Å². The maximum Gasteiger partial charge on any atom is 0.455 e. The molecule has 162 valence electrons. The van der Waals surface area contributed by atoms with Crippen LogP contribution in [0.2, 0.25) is 0 Å². The lowest BCUT2D eigenvalue weighted by Gasteiger charge is -2.19. The molecule has 0 bridgehead atoms. The lowest BCUT2D eigenvalue weighted by atomic mass is 10.1. The molecule has 5 nitrogen and oxygen atoms in total. The molecule has 0 saturated carbocycles. The van der Waals surface area contributed by atoms with E-state index in [0.717, 1.165) is 16.3 Å². The Morgan fingerprint density at radius 3 is 2.52 bits per heavy atom. The minimum atomic E-state index is -5.69. The van der Waals surface area contributed by atoms with Crippen LogP contribution in [0.25, 0.3) is 33.2 Å². The van der Waals surface area contributed by atoms with Crippen LogP contribution in [0.5, 0.6) is 0 Å². The zero-order valence-electron chi connectivity index (χ0n) is 16.0. The highest BCUT2D eigenvalue weighted by Gasteiger charge is 2.57. The average Bonchev–Trinajstić information content (AvgIpc) is 3.09. The van der Waals surface area contributed by atoms with Gasteiger partial charge in [0, 0.05) is 16.8 Å². The maximum atomic E-state index is 13.5. The van der Waals surface area contributed by atoms with Crippen molar-refractivity contribution in [3.63, 3.8) is 0 Å². The van der Waals surface area contributed by atoms with E-state index in [0.29, 0.717) is 26.2 Å². The van der Waals surface area contributed by atoms with Crippen molar-refractivity contribution in [3.05, 3.63) is 54.0 Å². The van der Waals surface area contributed by atoms with Crippen LogP contribution < -0.4 is 4.73 Å². The third-order valence-corrected chi connectivity index (χ3v) is 5.62. The first-order valence-electron chi connectivity index (χ1n) is 9.17. The number of aromatic nitrogens is 4. The third kappa shape index (κ3) is 3.78. The molecule has 0 N–H and O–H groups in total. The Labute approximate surface area is 177 Å². The number of pyridine rings is 2. The number of fused-ring (bicyclic) bond motifs is 2. The van der Waals surface area contributed by atoms with Crippen molar-refractivity contribution in [2.75, 3.05) is 5.75 Å². The fourth-order valence-electron chi connectivity index (χ4n) is 3.23. The molecule has 1 aromatic carbocycles. The molecular formula is C20H15F5N4OS. The number of rotatable bonds is 5. The van der Waals surface area contributed by atoms with E-state index < -0.39 is 18.6 Å². The highest BCUT2D eigenvalue weighted by atomic mass is 32.2. The van der Waals surface area contributed by atoms with E-state index in [1.165, 1.54) is 24.0 Å². The molecule has 0 aliphatic carbocycles. The summed E-state index contributed by atoms with van der Waals surface area (Å²) in [6, 6.07) is 10.4. The van der Waals surface area contributed by atoms with Gasteiger partial charge in [-0.2, -0.15) is 31.8 Å². The average molecular weight is 454 g/mol. The van der Waals surface area contributed by atoms with Gasteiger partial charge in [0.25, 0.3) is 5.69 Å². The molecule has 0 aliphatic rings. The van der Waals surface area contributed by atoms with Gasteiger partial charge in [-0.05, 0) is 24.0 Å². The van der Waals surface area contributed by atoms with E-state index in [2.05, 4.69) is 10.1 Å². The molecule has 11 heteroatoms. The molecule has 0 saturated heterocycles. The number of para-hydroxylation sites is 1. The fourth-order valence-corrected chi connectivity index (χ4v) is 4.08. The first-order chi connectivity index (χ1) is 14.6. The lowest BCUT2D eigenvalue weighted by Crippen LogP contribution is -2.40. The number of thioether (sulfide) groups is 1. The largest absolute Gasteiger partial charge is 0.618 e. The minimum absolute atomic E-state index is 0.00982. The molecule has 0 atom stereocenters. The van der Waals surface area contributed by atoms with Gasteiger partial charge in [0.15, 0.2) is 0 Å². The van der Waals surface area contributed by atoms with Gasteiger partial charge in [-0.15, -0.1) is 11.8 Å². The Balaban J connectivity index is 1.82. The summed E-state index contributed by atoms with van der Waals surface area (Å²) in [6.45, 7) is 0.274. The second-order valence-electron chi connectivity index (χ2n) is 6.78. The van der Waals surface area contributed by atoms with E-state index in [4.69, 9.17) is 0 Å². The Kier molecular flexibility index (Phi) is 5.24. The standard InChI is InChI=1S/C20H15F5N4OS/c1-2-31-17-8-12-5-3-4-6-15(12)29(30)18(17)14-7-13-9-27-28(16(13)10-26-14)11-19(21,22)20(23,24)25/h3-10H,2,11H2,1H3. The lowest BCUT2D eigenvalue weighted by molar-refractivity contribution is -0.567. The van der Waals surface area contributed by atoms with E-state index in [1.807, 2.05) is 25.1 Å². The fraction of sp³-hybridized carbons (Fsp3) is 0.250. The Morgan fingerprint density at radius 1 is 1.06 bits per heavy atom. The summed E-state index contributed by atoms with van der Waals surface area (Å²) >= 11 is 1.44. The molecule has 0 unspecified atom stereocenters. The van der Waals surface area contributed by atoms with E-state index >= 15 is 0 Å². The number of alkyl halides is 5. The van der Waals surface area contributed by atoms with Crippen molar-refractivity contribution < 1.29 is 26.7 Å². The van der Waals surface area contributed by atoms with Gasteiger partial charge in [-0.1, -0.05) is 19.1 Å². The second-order valence-corrected chi connectivity index (χ2v) is 8.08. The van der Waals surface area contributed by atoms with Crippen LogP contribution in [0.1, 0.15) is 6.92 Å². The van der Waals surface area contributed by atoms with Crippen molar-refractivity contribution >= 4 is 33.6 Å². The van der Waals surface area contributed by atoms with E-state index in [-0.39, 0.29) is 16.9 Å². The zero-order valence-corrected chi connectivity index (χ0v) is 16.8. The van der Waals surface area contributed by atoms with Crippen molar-refractivity contribution in [2.24, 2.45) is 0 Å². The summed E-state index contributed by atoms with van der Waals surface area (Å²) in [5, 5.41) is 17.8. The number of nitrogens with zero attached hydrogens (tertiary/aromatic N) is 4. The van der Waals surface area contributed by atoms with Gasteiger partial charge in [-0.3, -0.25) is 4.68 Å². The number of hydrogen-bond acceptors (Lipinski definition) is 4. The van der Waals surface area contributed by atoms with Crippen molar-refractivity contribution in [1.82, 2.24) is 14.8 Å². The Bertz CT molecular complexity index is 1270. The summed E-state index contributed by atoms with van der Waals surface area (Å²) in [6.07, 6.45) is -3.36. The molecule has 4 rings (SSSR count).